The van der Waals surface area contributed by atoms with Gasteiger partial charge in [0.1, 0.15) is 5.75 Å². The topological polar surface area (TPSA) is 59.6 Å². The Labute approximate surface area is 136 Å². The molecule has 0 aliphatic carbocycles. The number of aliphatic imine (C=N–C) groups is 1. The number of guanidine groups is 1. The summed E-state index contributed by atoms with van der Waals surface area (Å²) in [6.07, 6.45) is 0.886. The van der Waals surface area contributed by atoms with Crippen LogP contribution in [0.25, 0.3) is 0 Å². The zero-order chi connectivity index (χ0) is 14.7. The van der Waals surface area contributed by atoms with Crippen molar-refractivity contribution in [3.8, 4) is 5.75 Å². The molecule has 2 heterocycles. The van der Waals surface area contributed by atoms with Gasteiger partial charge in [-0.1, -0.05) is 18.2 Å². The van der Waals surface area contributed by atoms with Gasteiger partial charge >= 0.3 is 0 Å². The molecule has 1 aromatic carbocycles. The van der Waals surface area contributed by atoms with Gasteiger partial charge in [0.2, 0.25) is 0 Å². The second kappa shape index (κ2) is 6.49. The normalized spacial score (nSPS) is 18.0. The van der Waals surface area contributed by atoms with Gasteiger partial charge in [-0.3, -0.25) is 0 Å². The smallest absolute Gasteiger partial charge is 0.189 e. The number of thiophene rings is 1. The third-order valence-corrected chi connectivity index (χ3v) is 4.89. The number of halogens is 1. The van der Waals surface area contributed by atoms with Crippen molar-refractivity contribution < 1.29 is 4.74 Å². The Morgan fingerprint density at radius 3 is 3.14 bits per heavy atom. The standard InChI is InChI=1S/C15H16BrN3OS/c16-14-7-10(9-21-14)8-18-15(17)19-12-5-6-20-13-4-2-1-3-11(12)13/h1-4,7,9,12H,5-6,8H2,(H3,17,18,19). The maximum absolute atomic E-state index is 6.01. The minimum atomic E-state index is 0.160. The lowest BCUT2D eigenvalue weighted by atomic mass is 10.0. The molecule has 0 amide bonds. The summed E-state index contributed by atoms with van der Waals surface area (Å²) >= 11 is 5.10. The Kier molecular flexibility index (Phi) is 4.45. The quantitative estimate of drug-likeness (QED) is 0.646. The second-order valence-corrected chi connectivity index (χ2v) is 7.12. The van der Waals surface area contributed by atoms with Gasteiger partial charge in [-0.05, 0) is 39.0 Å². The number of benzene rings is 1. The first-order valence-electron chi connectivity index (χ1n) is 6.73. The number of para-hydroxylation sites is 1. The number of nitrogens with two attached hydrogens (primary N) is 1. The fourth-order valence-corrected chi connectivity index (χ4v) is 3.52. The second-order valence-electron chi connectivity index (χ2n) is 4.83. The molecular weight excluding hydrogens is 350 g/mol. The average molecular weight is 366 g/mol. The van der Waals surface area contributed by atoms with Crippen molar-refractivity contribution in [2.75, 3.05) is 6.61 Å². The van der Waals surface area contributed by atoms with E-state index in [0.717, 1.165) is 27.1 Å². The van der Waals surface area contributed by atoms with Gasteiger partial charge in [0, 0.05) is 12.0 Å². The van der Waals surface area contributed by atoms with Crippen molar-refractivity contribution in [3.63, 3.8) is 0 Å². The van der Waals surface area contributed by atoms with Crippen LogP contribution in [0, 0.1) is 0 Å². The molecule has 0 spiro atoms. The minimum Gasteiger partial charge on any atom is -0.493 e. The van der Waals surface area contributed by atoms with Crippen LogP contribution in [0.3, 0.4) is 0 Å². The van der Waals surface area contributed by atoms with Crippen molar-refractivity contribution in [2.45, 2.75) is 19.0 Å². The van der Waals surface area contributed by atoms with Gasteiger partial charge in [0.05, 0.1) is 23.0 Å². The van der Waals surface area contributed by atoms with Gasteiger partial charge in [-0.15, -0.1) is 11.3 Å². The van der Waals surface area contributed by atoms with E-state index in [4.69, 9.17) is 10.5 Å². The van der Waals surface area contributed by atoms with Crippen LogP contribution in [0.5, 0.6) is 5.75 Å². The molecule has 4 nitrogen and oxygen atoms in total. The van der Waals surface area contributed by atoms with E-state index in [1.807, 2.05) is 18.2 Å². The molecule has 0 saturated carbocycles. The lowest BCUT2D eigenvalue weighted by Gasteiger charge is -2.26. The number of nitrogens with zero attached hydrogens (tertiary/aromatic N) is 1. The van der Waals surface area contributed by atoms with E-state index in [2.05, 4.69) is 43.8 Å². The molecule has 3 rings (SSSR count). The fraction of sp³-hybridized carbons (Fsp3) is 0.267. The molecule has 1 aromatic heterocycles. The highest BCUT2D eigenvalue weighted by Crippen LogP contribution is 2.31. The van der Waals surface area contributed by atoms with E-state index in [1.54, 1.807) is 11.3 Å². The van der Waals surface area contributed by atoms with Crippen LogP contribution in [-0.2, 0) is 6.54 Å². The van der Waals surface area contributed by atoms with Crippen molar-refractivity contribution in [3.05, 3.63) is 50.6 Å². The molecular formula is C15H16BrN3OS. The molecule has 1 atom stereocenters. The Morgan fingerprint density at radius 1 is 1.48 bits per heavy atom. The first-order valence-corrected chi connectivity index (χ1v) is 8.41. The van der Waals surface area contributed by atoms with Crippen LogP contribution in [0.15, 0.2) is 44.5 Å². The van der Waals surface area contributed by atoms with E-state index in [-0.39, 0.29) is 6.04 Å². The van der Waals surface area contributed by atoms with Crippen LogP contribution < -0.4 is 15.8 Å². The average Bonchev–Trinajstić information content (AvgIpc) is 2.91. The number of fused-ring (bicyclic) bond motifs is 1. The lowest BCUT2D eigenvalue weighted by Crippen LogP contribution is -2.37. The predicted octanol–water partition coefficient (Wildman–Crippen LogP) is 3.44. The van der Waals surface area contributed by atoms with Crippen molar-refractivity contribution in [2.24, 2.45) is 10.7 Å². The molecule has 0 radical (unpaired) electrons. The molecule has 1 aliphatic rings. The highest BCUT2D eigenvalue weighted by atomic mass is 79.9. The SMILES string of the molecule is NC(=NCc1csc(Br)c1)NC1CCOc2ccccc21. The molecule has 1 unspecified atom stereocenters. The molecule has 1 aliphatic heterocycles. The van der Waals surface area contributed by atoms with Gasteiger partial charge in [0.15, 0.2) is 5.96 Å². The number of hydrogen-bond donors (Lipinski definition) is 2. The summed E-state index contributed by atoms with van der Waals surface area (Å²) in [5.41, 5.74) is 8.30. The summed E-state index contributed by atoms with van der Waals surface area (Å²) in [4.78, 5) is 4.40. The summed E-state index contributed by atoms with van der Waals surface area (Å²) in [5.74, 6) is 1.40. The van der Waals surface area contributed by atoms with Gasteiger partial charge in [0.25, 0.3) is 0 Å². The van der Waals surface area contributed by atoms with E-state index in [0.29, 0.717) is 19.1 Å². The molecule has 2 aromatic rings. The van der Waals surface area contributed by atoms with Crippen LogP contribution in [0.1, 0.15) is 23.6 Å². The zero-order valence-corrected chi connectivity index (χ0v) is 13.8. The van der Waals surface area contributed by atoms with Crippen LogP contribution >= 0.6 is 27.3 Å². The number of nitrogens with one attached hydrogen (secondary N) is 1. The van der Waals surface area contributed by atoms with E-state index in [9.17, 15) is 0 Å². The molecule has 3 N–H and O–H groups in total. The highest BCUT2D eigenvalue weighted by Gasteiger charge is 2.21. The first-order chi connectivity index (χ1) is 10.2. The van der Waals surface area contributed by atoms with Crippen LogP contribution in [0.4, 0.5) is 0 Å². The van der Waals surface area contributed by atoms with Crippen LogP contribution in [0.2, 0.25) is 0 Å². The summed E-state index contributed by atoms with van der Waals surface area (Å²) < 4.78 is 6.75. The number of hydrogen-bond acceptors (Lipinski definition) is 3. The summed E-state index contributed by atoms with van der Waals surface area (Å²) in [6.45, 7) is 1.28. The largest absolute Gasteiger partial charge is 0.493 e. The van der Waals surface area contributed by atoms with Crippen molar-refractivity contribution >= 4 is 33.2 Å². The third kappa shape index (κ3) is 3.57. The van der Waals surface area contributed by atoms with Crippen molar-refractivity contribution in [1.29, 1.82) is 0 Å². The zero-order valence-electron chi connectivity index (χ0n) is 11.4. The maximum atomic E-state index is 6.01. The molecule has 0 bridgehead atoms. The highest BCUT2D eigenvalue weighted by molar-refractivity contribution is 9.11. The van der Waals surface area contributed by atoms with Gasteiger partial charge < -0.3 is 15.8 Å². The molecule has 6 heteroatoms. The van der Waals surface area contributed by atoms with E-state index in [1.165, 1.54) is 0 Å². The third-order valence-electron chi connectivity index (χ3n) is 3.33. The van der Waals surface area contributed by atoms with Gasteiger partial charge in [-0.25, -0.2) is 4.99 Å². The minimum absolute atomic E-state index is 0.160. The Hall–Kier alpha value is -1.53. The monoisotopic (exact) mass is 365 g/mol. The summed E-state index contributed by atoms with van der Waals surface area (Å²) in [5, 5.41) is 5.37. The Morgan fingerprint density at radius 2 is 2.33 bits per heavy atom. The Bertz CT molecular complexity index is 656. The summed E-state index contributed by atoms with van der Waals surface area (Å²) in [7, 11) is 0. The molecule has 0 fully saturated rings. The fourth-order valence-electron chi connectivity index (χ4n) is 2.32. The molecule has 21 heavy (non-hydrogen) atoms. The van der Waals surface area contributed by atoms with Crippen molar-refractivity contribution in [1.82, 2.24) is 5.32 Å². The first kappa shape index (κ1) is 14.4. The van der Waals surface area contributed by atoms with Gasteiger partial charge in [-0.2, -0.15) is 0 Å². The number of ether oxygens (including phenoxy) is 1. The summed E-state index contributed by atoms with van der Waals surface area (Å²) in [6, 6.07) is 10.3. The molecule has 0 saturated heterocycles. The predicted molar refractivity (Wildman–Crippen MR) is 89.8 cm³/mol. The molecule has 110 valence electrons. The maximum Gasteiger partial charge on any atom is 0.189 e. The van der Waals surface area contributed by atoms with E-state index < -0.39 is 0 Å². The lowest BCUT2D eigenvalue weighted by molar-refractivity contribution is 0.262. The van der Waals surface area contributed by atoms with Crippen LogP contribution in [-0.4, -0.2) is 12.6 Å². The Balaban J connectivity index is 1.66. The number of rotatable bonds is 3. The van der Waals surface area contributed by atoms with E-state index >= 15 is 0 Å².